The molecule has 8 heteroatoms. The van der Waals surface area contributed by atoms with E-state index < -0.39 is 16.1 Å². The molecule has 1 atom stereocenters. The topological polar surface area (TPSA) is 92.9 Å². The van der Waals surface area contributed by atoms with E-state index in [1.807, 2.05) is 0 Å². The van der Waals surface area contributed by atoms with Crippen molar-refractivity contribution in [3.05, 3.63) is 22.2 Å². The number of methoxy groups -OCH3 is 1. The summed E-state index contributed by atoms with van der Waals surface area (Å²) >= 11 is 3.25. The van der Waals surface area contributed by atoms with E-state index >= 15 is 0 Å². The van der Waals surface area contributed by atoms with Gasteiger partial charge in [0.05, 0.1) is 17.6 Å². The van der Waals surface area contributed by atoms with Crippen molar-refractivity contribution in [1.29, 1.82) is 0 Å². The lowest BCUT2D eigenvalue weighted by atomic mass is 10.2. The molecular formula is C12H19BrN2O4S. The standard InChI is InChI=1S/C12H19BrN2O4S/c1-8-4-10(13)11(14)5-12(8)20(17,18)15(2)6-9(16)7-19-3/h4-5,9,16H,6-7,14H2,1-3H3. The van der Waals surface area contributed by atoms with E-state index in [0.717, 1.165) is 4.31 Å². The van der Waals surface area contributed by atoms with Crippen LogP contribution in [0.15, 0.2) is 21.5 Å². The van der Waals surface area contributed by atoms with Crippen LogP contribution in [0.2, 0.25) is 0 Å². The van der Waals surface area contributed by atoms with Crippen molar-refractivity contribution < 1.29 is 18.3 Å². The van der Waals surface area contributed by atoms with Crippen molar-refractivity contribution in [2.24, 2.45) is 0 Å². The molecule has 0 fully saturated rings. The number of nitrogens with two attached hydrogens (primary N) is 1. The SMILES string of the molecule is COCC(O)CN(C)S(=O)(=O)c1cc(N)c(Br)cc1C. The normalized spacial score (nSPS) is 13.7. The van der Waals surface area contributed by atoms with Crippen LogP contribution in [0.3, 0.4) is 0 Å². The molecule has 114 valence electrons. The Hall–Kier alpha value is -0.670. The van der Waals surface area contributed by atoms with Gasteiger partial charge in [-0.2, -0.15) is 4.31 Å². The van der Waals surface area contributed by atoms with Gasteiger partial charge in [-0.15, -0.1) is 0 Å². The molecule has 0 radical (unpaired) electrons. The fraction of sp³-hybridized carbons (Fsp3) is 0.500. The molecule has 0 aliphatic carbocycles. The molecule has 6 nitrogen and oxygen atoms in total. The van der Waals surface area contributed by atoms with Gasteiger partial charge in [0, 0.05) is 30.9 Å². The molecule has 0 saturated heterocycles. The molecule has 20 heavy (non-hydrogen) atoms. The van der Waals surface area contributed by atoms with Gasteiger partial charge >= 0.3 is 0 Å². The Morgan fingerprint density at radius 1 is 1.50 bits per heavy atom. The van der Waals surface area contributed by atoms with Crippen LogP contribution in [-0.4, -0.2) is 51.2 Å². The molecule has 1 aromatic carbocycles. The maximum Gasteiger partial charge on any atom is 0.243 e. The van der Waals surface area contributed by atoms with Crippen molar-refractivity contribution in [3.8, 4) is 0 Å². The van der Waals surface area contributed by atoms with Gasteiger partial charge in [-0.05, 0) is 40.5 Å². The van der Waals surface area contributed by atoms with E-state index in [-0.39, 0.29) is 18.0 Å². The Kier molecular flexibility index (Phi) is 5.96. The van der Waals surface area contributed by atoms with E-state index in [0.29, 0.717) is 15.7 Å². The summed E-state index contributed by atoms with van der Waals surface area (Å²) in [5.41, 5.74) is 6.67. The van der Waals surface area contributed by atoms with Crippen LogP contribution in [0.4, 0.5) is 5.69 Å². The third kappa shape index (κ3) is 3.92. The Morgan fingerprint density at radius 3 is 2.65 bits per heavy atom. The molecule has 0 amide bonds. The van der Waals surface area contributed by atoms with Crippen LogP contribution in [0, 0.1) is 6.92 Å². The number of nitrogen functional groups attached to an aromatic ring is 1. The van der Waals surface area contributed by atoms with Crippen LogP contribution in [0.5, 0.6) is 0 Å². The summed E-state index contributed by atoms with van der Waals surface area (Å²) in [5, 5.41) is 9.63. The fourth-order valence-corrected chi connectivity index (χ4v) is 3.66. The number of nitrogens with zero attached hydrogens (tertiary/aromatic N) is 1. The second-order valence-corrected chi connectivity index (χ2v) is 7.40. The molecule has 0 saturated carbocycles. The number of aryl methyl sites for hydroxylation is 1. The molecule has 0 bridgehead atoms. The van der Waals surface area contributed by atoms with Crippen molar-refractivity contribution in [2.75, 3.05) is 33.0 Å². The maximum absolute atomic E-state index is 12.5. The van der Waals surface area contributed by atoms with Gasteiger partial charge in [0.15, 0.2) is 0 Å². The molecule has 3 N–H and O–H groups in total. The van der Waals surface area contributed by atoms with Crippen LogP contribution in [-0.2, 0) is 14.8 Å². The number of aliphatic hydroxyl groups excluding tert-OH is 1. The first-order valence-electron chi connectivity index (χ1n) is 5.89. The molecule has 0 aliphatic rings. The third-order valence-electron chi connectivity index (χ3n) is 2.81. The molecule has 0 spiro atoms. The molecule has 0 aliphatic heterocycles. The maximum atomic E-state index is 12.5. The highest BCUT2D eigenvalue weighted by Crippen LogP contribution is 2.28. The molecule has 1 unspecified atom stereocenters. The zero-order valence-corrected chi connectivity index (χ0v) is 14.0. The molecule has 1 rings (SSSR count). The van der Waals surface area contributed by atoms with Crippen LogP contribution in [0.25, 0.3) is 0 Å². The van der Waals surface area contributed by atoms with E-state index in [9.17, 15) is 13.5 Å². The molecule has 1 aromatic rings. The second kappa shape index (κ2) is 6.86. The zero-order chi connectivity index (χ0) is 15.5. The van der Waals surface area contributed by atoms with Crippen molar-refractivity contribution in [3.63, 3.8) is 0 Å². The highest BCUT2D eigenvalue weighted by molar-refractivity contribution is 9.10. The Bertz CT molecular complexity index is 577. The predicted octanol–water partition coefficient (Wildman–Crippen LogP) is 0.968. The fourth-order valence-electron chi connectivity index (χ4n) is 1.75. The summed E-state index contributed by atoms with van der Waals surface area (Å²) in [7, 11) is -0.855. The average Bonchev–Trinajstić information content (AvgIpc) is 2.33. The third-order valence-corrected chi connectivity index (χ3v) is 5.46. The number of sulfonamides is 1. The highest BCUT2D eigenvalue weighted by atomic mass is 79.9. The highest BCUT2D eigenvalue weighted by Gasteiger charge is 2.25. The number of aliphatic hydroxyl groups is 1. The van der Waals surface area contributed by atoms with E-state index in [1.54, 1.807) is 13.0 Å². The summed E-state index contributed by atoms with van der Waals surface area (Å²) in [6.07, 6.45) is -0.882. The first-order valence-corrected chi connectivity index (χ1v) is 8.12. The lowest BCUT2D eigenvalue weighted by Gasteiger charge is -2.21. The minimum atomic E-state index is -3.71. The zero-order valence-electron chi connectivity index (χ0n) is 11.6. The quantitative estimate of drug-likeness (QED) is 0.731. The molecular weight excluding hydrogens is 348 g/mol. The largest absolute Gasteiger partial charge is 0.398 e. The van der Waals surface area contributed by atoms with Crippen molar-refractivity contribution in [2.45, 2.75) is 17.9 Å². The van der Waals surface area contributed by atoms with E-state index in [2.05, 4.69) is 15.9 Å². The van der Waals surface area contributed by atoms with Gasteiger partial charge in [0.25, 0.3) is 0 Å². The van der Waals surface area contributed by atoms with Crippen LogP contribution >= 0.6 is 15.9 Å². The average molecular weight is 367 g/mol. The lowest BCUT2D eigenvalue weighted by molar-refractivity contribution is 0.0554. The summed E-state index contributed by atoms with van der Waals surface area (Å²) in [5.74, 6) is 0. The van der Waals surface area contributed by atoms with Gasteiger partial charge in [-0.1, -0.05) is 0 Å². The summed E-state index contributed by atoms with van der Waals surface area (Å²) in [6.45, 7) is 1.71. The van der Waals surface area contributed by atoms with Gasteiger partial charge in [0.1, 0.15) is 0 Å². The van der Waals surface area contributed by atoms with Crippen molar-refractivity contribution in [1.82, 2.24) is 4.31 Å². The number of benzene rings is 1. The molecule has 0 heterocycles. The predicted molar refractivity (Wildman–Crippen MR) is 81.0 cm³/mol. The summed E-state index contributed by atoms with van der Waals surface area (Å²) < 4.78 is 31.4. The first kappa shape index (κ1) is 17.4. The summed E-state index contributed by atoms with van der Waals surface area (Å²) in [4.78, 5) is 0.130. The van der Waals surface area contributed by atoms with E-state index in [1.165, 1.54) is 20.2 Å². The van der Waals surface area contributed by atoms with Crippen LogP contribution < -0.4 is 5.73 Å². The van der Waals surface area contributed by atoms with Gasteiger partial charge in [0.2, 0.25) is 10.0 Å². The number of ether oxygens (including phenoxy) is 1. The van der Waals surface area contributed by atoms with Gasteiger partial charge in [-0.25, -0.2) is 8.42 Å². The first-order chi connectivity index (χ1) is 9.20. The number of hydrogen-bond donors (Lipinski definition) is 2. The van der Waals surface area contributed by atoms with Crippen LogP contribution in [0.1, 0.15) is 5.56 Å². The summed E-state index contributed by atoms with van der Waals surface area (Å²) in [6, 6.07) is 3.07. The van der Waals surface area contributed by atoms with Gasteiger partial charge < -0.3 is 15.6 Å². The minimum absolute atomic E-state index is 0.0500. The van der Waals surface area contributed by atoms with Gasteiger partial charge in [-0.3, -0.25) is 0 Å². The number of likely N-dealkylation sites (N-methyl/N-ethyl adjacent to an activating group) is 1. The monoisotopic (exact) mass is 366 g/mol. The number of rotatable bonds is 6. The Morgan fingerprint density at radius 2 is 2.10 bits per heavy atom. The number of hydrogen-bond acceptors (Lipinski definition) is 5. The minimum Gasteiger partial charge on any atom is -0.398 e. The lowest BCUT2D eigenvalue weighted by Crippen LogP contribution is -2.36. The molecule has 0 aromatic heterocycles. The van der Waals surface area contributed by atoms with Crippen molar-refractivity contribution >= 4 is 31.6 Å². The Balaban J connectivity index is 3.07. The number of halogens is 1. The smallest absolute Gasteiger partial charge is 0.243 e. The second-order valence-electron chi connectivity index (χ2n) is 4.53. The Labute approximate surface area is 127 Å². The number of anilines is 1. The van der Waals surface area contributed by atoms with E-state index in [4.69, 9.17) is 10.5 Å².